The number of hydrogen-bond acceptors (Lipinski definition) is 3. The Labute approximate surface area is 181 Å². The van der Waals surface area contributed by atoms with Crippen molar-refractivity contribution in [2.45, 2.75) is 38.0 Å². The molecular weight excluding hydrogens is 389 g/mol. The summed E-state index contributed by atoms with van der Waals surface area (Å²) >= 11 is 0. The molecule has 0 N–H and O–H groups in total. The number of fused-ring (bicyclic) bond motifs is 1. The third-order valence-electron chi connectivity index (χ3n) is 7.15. The van der Waals surface area contributed by atoms with Crippen LogP contribution in [0.1, 0.15) is 48.3 Å². The number of likely N-dealkylation sites (tertiary alicyclic amines) is 1. The van der Waals surface area contributed by atoms with E-state index in [1.54, 1.807) is 24.3 Å². The fourth-order valence-corrected chi connectivity index (χ4v) is 5.32. The molecule has 1 aliphatic heterocycles. The second-order valence-electron chi connectivity index (χ2n) is 9.03. The van der Waals surface area contributed by atoms with Crippen LogP contribution >= 0.6 is 0 Å². The molecule has 5 rings (SSSR count). The van der Waals surface area contributed by atoms with Crippen molar-refractivity contribution in [3.8, 4) is 6.07 Å². The highest BCUT2D eigenvalue weighted by molar-refractivity contribution is 5.83. The van der Waals surface area contributed by atoms with Crippen LogP contribution in [0.2, 0.25) is 0 Å². The molecule has 2 fully saturated rings. The summed E-state index contributed by atoms with van der Waals surface area (Å²) in [7, 11) is 0. The molecule has 0 atom stereocenters. The van der Waals surface area contributed by atoms with Gasteiger partial charge in [0.15, 0.2) is 0 Å². The zero-order valence-corrected chi connectivity index (χ0v) is 17.4. The van der Waals surface area contributed by atoms with Crippen molar-refractivity contribution in [1.29, 1.82) is 5.26 Å². The molecule has 1 aliphatic carbocycles. The van der Waals surface area contributed by atoms with Crippen molar-refractivity contribution >= 4 is 16.8 Å². The minimum Gasteiger partial charge on any atom is -0.342 e. The molecule has 1 saturated heterocycles. The lowest BCUT2D eigenvalue weighted by atomic mass is 9.56. The van der Waals surface area contributed by atoms with Crippen LogP contribution in [0.5, 0.6) is 0 Å². The molecule has 31 heavy (non-hydrogen) atoms. The summed E-state index contributed by atoms with van der Waals surface area (Å²) in [6.45, 7) is 1.60. The third-order valence-corrected chi connectivity index (χ3v) is 7.15. The summed E-state index contributed by atoms with van der Waals surface area (Å²) in [6, 6.07) is 16.2. The minimum atomic E-state index is -0.218. The van der Waals surface area contributed by atoms with E-state index in [0.29, 0.717) is 23.3 Å². The molecule has 4 nitrogen and oxygen atoms in total. The topological polar surface area (TPSA) is 57.0 Å². The standard InChI is InChI=1S/C26H24FN3O/c27-21-5-6-24-23(14-21)22(7-10-29-24)20-15-26(16-20)8-11-30(12-9-26)25(31)13-18-1-3-19(17-28)4-2-18/h1-7,10,14,20H,8-9,11-13,15-16H2. The lowest BCUT2D eigenvalue weighted by Crippen LogP contribution is -2.48. The van der Waals surface area contributed by atoms with Gasteiger partial charge in [-0.3, -0.25) is 9.78 Å². The number of piperidine rings is 1. The Morgan fingerprint density at radius 1 is 1.13 bits per heavy atom. The highest BCUT2D eigenvalue weighted by atomic mass is 19.1. The number of nitrogens with zero attached hydrogens (tertiary/aromatic N) is 3. The maximum Gasteiger partial charge on any atom is 0.226 e. The molecule has 5 heteroatoms. The SMILES string of the molecule is N#Cc1ccc(CC(=O)N2CCC3(CC2)CC(c2ccnc4ccc(F)cc24)C3)cc1. The Balaban J connectivity index is 1.20. The number of rotatable bonds is 3. The maximum absolute atomic E-state index is 13.8. The molecule has 1 saturated carbocycles. The van der Waals surface area contributed by atoms with Crippen molar-refractivity contribution in [2.24, 2.45) is 5.41 Å². The van der Waals surface area contributed by atoms with Crippen molar-refractivity contribution in [2.75, 3.05) is 13.1 Å². The van der Waals surface area contributed by atoms with Crippen LogP contribution in [0.25, 0.3) is 10.9 Å². The second kappa shape index (κ2) is 7.77. The van der Waals surface area contributed by atoms with E-state index in [9.17, 15) is 9.18 Å². The Kier molecular flexibility index (Phi) is 4.94. The van der Waals surface area contributed by atoms with Crippen LogP contribution < -0.4 is 0 Å². The highest BCUT2D eigenvalue weighted by Crippen LogP contribution is 2.57. The molecule has 2 aromatic carbocycles. The number of benzene rings is 2. The number of carbonyl (C=O) groups is 1. The summed E-state index contributed by atoms with van der Waals surface area (Å²) in [6.07, 6.45) is 6.46. The first-order valence-electron chi connectivity index (χ1n) is 10.9. The van der Waals surface area contributed by atoms with E-state index in [0.717, 1.165) is 55.2 Å². The quantitative estimate of drug-likeness (QED) is 0.609. The molecule has 156 valence electrons. The van der Waals surface area contributed by atoms with Crippen LogP contribution in [0.3, 0.4) is 0 Å². The third kappa shape index (κ3) is 3.79. The van der Waals surface area contributed by atoms with E-state index in [1.807, 2.05) is 29.3 Å². The molecule has 1 amide bonds. The molecule has 1 spiro atoms. The fraction of sp³-hybridized carbons (Fsp3) is 0.346. The molecule has 3 aromatic rings. The summed E-state index contributed by atoms with van der Waals surface area (Å²) in [5.74, 6) is 0.379. The van der Waals surface area contributed by atoms with Crippen molar-refractivity contribution < 1.29 is 9.18 Å². The largest absolute Gasteiger partial charge is 0.342 e. The Morgan fingerprint density at radius 3 is 2.58 bits per heavy atom. The number of nitriles is 1. The lowest BCUT2D eigenvalue weighted by molar-refractivity contribution is -0.134. The van der Waals surface area contributed by atoms with Gasteiger partial charge >= 0.3 is 0 Å². The first-order valence-corrected chi connectivity index (χ1v) is 10.9. The van der Waals surface area contributed by atoms with Crippen LogP contribution in [0, 0.1) is 22.6 Å². The van der Waals surface area contributed by atoms with Crippen molar-refractivity contribution in [1.82, 2.24) is 9.88 Å². The van der Waals surface area contributed by atoms with E-state index in [1.165, 1.54) is 11.6 Å². The fourth-order valence-electron chi connectivity index (χ4n) is 5.32. The van der Waals surface area contributed by atoms with E-state index in [2.05, 4.69) is 11.1 Å². The number of halogens is 1. The summed E-state index contributed by atoms with van der Waals surface area (Å²) in [5, 5.41) is 9.83. The normalized spacial score (nSPS) is 18.0. The van der Waals surface area contributed by atoms with Crippen LogP contribution in [0.4, 0.5) is 4.39 Å². The Hall–Kier alpha value is -3.26. The van der Waals surface area contributed by atoms with Gasteiger partial charge in [0.1, 0.15) is 5.82 Å². The molecular formula is C26H24FN3O. The Morgan fingerprint density at radius 2 is 1.87 bits per heavy atom. The average molecular weight is 413 g/mol. The van der Waals surface area contributed by atoms with E-state index in [-0.39, 0.29) is 11.7 Å². The summed E-state index contributed by atoms with van der Waals surface area (Å²) < 4.78 is 13.8. The van der Waals surface area contributed by atoms with Crippen LogP contribution in [-0.4, -0.2) is 28.9 Å². The van der Waals surface area contributed by atoms with Crippen molar-refractivity contribution in [3.63, 3.8) is 0 Å². The number of amides is 1. The highest BCUT2D eigenvalue weighted by Gasteiger charge is 2.47. The zero-order valence-electron chi connectivity index (χ0n) is 17.4. The van der Waals surface area contributed by atoms with Gasteiger partial charge < -0.3 is 4.90 Å². The van der Waals surface area contributed by atoms with E-state index < -0.39 is 0 Å². The number of aromatic nitrogens is 1. The molecule has 2 heterocycles. The summed E-state index contributed by atoms with van der Waals surface area (Å²) in [5.41, 5.74) is 3.92. The first-order chi connectivity index (χ1) is 15.0. The van der Waals surface area contributed by atoms with Gasteiger partial charge in [-0.25, -0.2) is 4.39 Å². The van der Waals surface area contributed by atoms with Crippen molar-refractivity contribution in [3.05, 3.63) is 77.2 Å². The van der Waals surface area contributed by atoms with Gasteiger partial charge in [-0.15, -0.1) is 0 Å². The minimum absolute atomic E-state index is 0.158. The van der Waals surface area contributed by atoms with Gasteiger partial charge in [-0.2, -0.15) is 5.26 Å². The monoisotopic (exact) mass is 413 g/mol. The predicted molar refractivity (Wildman–Crippen MR) is 117 cm³/mol. The van der Waals surface area contributed by atoms with E-state index >= 15 is 0 Å². The van der Waals surface area contributed by atoms with E-state index in [4.69, 9.17) is 5.26 Å². The number of pyridine rings is 1. The number of hydrogen-bond donors (Lipinski definition) is 0. The van der Waals surface area contributed by atoms with Gasteiger partial charge in [0.25, 0.3) is 0 Å². The molecule has 0 radical (unpaired) electrons. The second-order valence-corrected chi connectivity index (χ2v) is 9.03. The smallest absolute Gasteiger partial charge is 0.226 e. The average Bonchev–Trinajstić information content (AvgIpc) is 2.77. The lowest BCUT2D eigenvalue weighted by Gasteiger charge is -2.52. The molecule has 1 aromatic heterocycles. The van der Waals surface area contributed by atoms with Crippen LogP contribution in [-0.2, 0) is 11.2 Å². The Bertz CT molecular complexity index is 1170. The zero-order chi connectivity index (χ0) is 21.4. The van der Waals surface area contributed by atoms with Gasteiger partial charge in [0.05, 0.1) is 23.6 Å². The number of carbonyl (C=O) groups excluding carboxylic acids is 1. The summed E-state index contributed by atoms with van der Waals surface area (Å²) in [4.78, 5) is 19.1. The molecule has 2 aliphatic rings. The van der Waals surface area contributed by atoms with Crippen LogP contribution in [0.15, 0.2) is 54.7 Å². The predicted octanol–water partition coefficient (Wildman–Crippen LogP) is 4.97. The van der Waals surface area contributed by atoms with Gasteiger partial charge in [-0.1, -0.05) is 12.1 Å². The maximum atomic E-state index is 13.8. The molecule has 0 unspecified atom stereocenters. The van der Waals surface area contributed by atoms with Gasteiger partial charge in [0.2, 0.25) is 5.91 Å². The van der Waals surface area contributed by atoms with Gasteiger partial charge in [-0.05, 0) is 84.5 Å². The molecule has 0 bridgehead atoms. The van der Waals surface area contributed by atoms with Gasteiger partial charge in [0, 0.05) is 24.7 Å². The first kappa shape index (κ1) is 19.7.